The van der Waals surface area contributed by atoms with Crippen molar-refractivity contribution >= 4 is 17.1 Å². The summed E-state index contributed by atoms with van der Waals surface area (Å²) in [6.07, 6.45) is 4.36. The Balaban J connectivity index is 1.76. The van der Waals surface area contributed by atoms with Gasteiger partial charge in [-0.05, 0) is 11.8 Å². The summed E-state index contributed by atoms with van der Waals surface area (Å²) < 4.78 is 1.95. The smallest absolute Gasteiger partial charge is 0.219 e. The van der Waals surface area contributed by atoms with Crippen LogP contribution in [0.25, 0.3) is 11.2 Å². The number of aromatic nitrogens is 4. The number of rotatable bonds is 5. The summed E-state index contributed by atoms with van der Waals surface area (Å²) in [5.74, 6) is 0.371. The largest absolute Gasteiger partial charge is 0.342 e. The van der Waals surface area contributed by atoms with Crippen molar-refractivity contribution in [2.75, 3.05) is 26.2 Å². The zero-order valence-electron chi connectivity index (χ0n) is 15.6. The highest BCUT2D eigenvalue weighted by Crippen LogP contribution is 2.30. The molecule has 1 fully saturated rings. The van der Waals surface area contributed by atoms with Crippen LogP contribution in [0.5, 0.6) is 0 Å². The predicted octanol–water partition coefficient (Wildman–Crippen LogP) is 1.80. The first-order chi connectivity index (χ1) is 11.8. The Kier molecular flexibility index (Phi) is 5.03. The lowest BCUT2D eigenvalue weighted by molar-refractivity contribution is -0.127. The Labute approximate surface area is 148 Å². The van der Waals surface area contributed by atoms with Crippen LogP contribution in [0.1, 0.15) is 45.7 Å². The molecular weight excluding hydrogens is 316 g/mol. The number of amides is 1. The van der Waals surface area contributed by atoms with E-state index in [1.54, 1.807) is 19.3 Å². The Morgan fingerprint density at radius 2 is 2.08 bits per heavy atom. The van der Waals surface area contributed by atoms with Gasteiger partial charge in [0.25, 0.3) is 0 Å². The van der Waals surface area contributed by atoms with E-state index in [1.807, 2.05) is 9.58 Å². The maximum Gasteiger partial charge on any atom is 0.219 e. The normalized spacial score (nSPS) is 18.2. The maximum atomic E-state index is 11.6. The molecule has 0 aliphatic carbocycles. The van der Waals surface area contributed by atoms with E-state index in [-0.39, 0.29) is 17.2 Å². The second-order valence-electron chi connectivity index (χ2n) is 8.03. The minimum atomic E-state index is 0.128. The lowest BCUT2D eigenvalue weighted by Gasteiger charge is -2.18. The van der Waals surface area contributed by atoms with Crippen molar-refractivity contribution in [1.82, 2.24) is 30.0 Å². The van der Waals surface area contributed by atoms with Gasteiger partial charge in [-0.25, -0.2) is 14.6 Å². The molecule has 7 nitrogen and oxygen atoms in total. The number of nitrogens with zero attached hydrogens (tertiary/aromatic N) is 5. The quantitative estimate of drug-likeness (QED) is 0.837. The average Bonchev–Trinajstić information content (AvgIpc) is 3.16. The molecule has 0 saturated carbocycles. The fourth-order valence-electron chi connectivity index (χ4n) is 3.27. The third kappa shape index (κ3) is 4.15. The van der Waals surface area contributed by atoms with Crippen LogP contribution in [0, 0.1) is 5.41 Å². The minimum Gasteiger partial charge on any atom is -0.342 e. The summed E-state index contributed by atoms with van der Waals surface area (Å²) in [5.41, 5.74) is 2.93. The van der Waals surface area contributed by atoms with Crippen molar-refractivity contribution in [3.63, 3.8) is 0 Å². The molecule has 3 heterocycles. The van der Waals surface area contributed by atoms with E-state index in [0.29, 0.717) is 0 Å². The topological polar surface area (TPSA) is 75.9 Å². The third-order valence-electron chi connectivity index (χ3n) is 4.57. The first kappa shape index (κ1) is 17.8. The van der Waals surface area contributed by atoms with Crippen molar-refractivity contribution in [1.29, 1.82) is 0 Å². The standard InChI is InChI=1S/C18H28N6O/c1-13(25)23-9-5-14(11-23)15-16-17(21-7-6-20-16)24(22-15)10-8-19-12-18(2,3)4/h6-7,14,19H,5,8-12H2,1-4H3. The van der Waals surface area contributed by atoms with Crippen LogP contribution in [0.4, 0.5) is 0 Å². The van der Waals surface area contributed by atoms with Crippen molar-refractivity contribution in [3.8, 4) is 0 Å². The van der Waals surface area contributed by atoms with Gasteiger partial charge in [0, 0.05) is 51.4 Å². The molecular formula is C18H28N6O. The van der Waals surface area contributed by atoms with Gasteiger partial charge in [-0.3, -0.25) is 4.79 Å². The summed E-state index contributed by atoms with van der Waals surface area (Å²) in [6, 6.07) is 0. The molecule has 1 amide bonds. The van der Waals surface area contributed by atoms with E-state index in [2.05, 4.69) is 36.1 Å². The SMILES string of the molecule is CC(=O)N1CCC(c2nn(CCNCC(C)(C)C)c3nccnc23)C1. The van der Waals surface area contributed by atoms with Gasteiger partial charge in [0.05, 0.1) is 12.2 Å². The molecule has 0 radical (unpaired) electrons. The molecule has 7 heteroatoms. The van der Waals surface area contributed by atoms with Crippen LogP contribution >= 0.6 is 0 Å². The number of fused-ring (bicyclic) bond motifs is 1. The zero-order valence-corrected chi connectivity index (χ0v) is 15.6. The second kappa shape index (κ2) is 7.07. The Morgan fingerprint density at radius 1 is 1.32 bits per heavy atom. The van der Waals surface area contributed by atoms with Crippen LogP contribution in [-0.4, -0.2) is 56.7 Å². The van der Waals surface area contributed by atoms with Crippen molar-refractivity contribution in [2.24, 2.45) is 5.41 Å². The molecule has 2 aromatic heterocycles. The van der Waals surface area contributed by atoms with Crippen LogP contribution in [0.2, 0.25) is 0 Å². The van der Waals surface area contributed by atoms with E-state index >= 15 is 0 Å². The molecule has 1 aliphatic rings. The van der Waals surface area contributed by atoms with Crippen molar-refractivity contribution in [2.45, 2.75) is 46.6 Å². The summed E-state index contributed by atoms with van der Waals surface area (Å²) >= 11 is 0. The molecule has 1 atom stereocenters. The first-order valence-corrected chi connectivity index (χ1v) is 8.99. The van der Waals surface area contributed by atoms with Gasteiger partial charge in [-0.15, -0.1) is 0 Å². The Bertz CT molecular complexity index is 748. The second-order valence-corrected chi connectivity index (χ2v) is 8.03. The van der Waals surface area contributed by atoms with Crippen LogP contribution in [0.3, 0.4) is 0 Å². The lowest BCUT2D eigenvalue weighted by Crippen LogP contribution is -2.29. The highest BCUT2D eigenvalue weighted by molar-refractivity contribution is 5.75. The van der Waals surface area contributed by atoms with Crippen LogP contribution < -0.4 is 5.32 Å². The molecule has 3 rings (SSSR count). The fourth-order valence-corrected chi connectivity index (χ4v) is 3.27. The van der Waals surface area contributed by atoms with E-state index in [1.165, 1.54) is 0 Å². The number of carbonyl (C=O) groups is 1. The molecule has 1 unspecified atom stereocenters. The van der Waals surface area contributed by atoms with Gasteiger partial charge in [0.15, 0.2) is 5.65 Å². The molecule has 1 saturated heterocycles. The molecule has 0 bridgehead atoms. The van der Waals surface area contributed by atoms with Crippen LogP contribution in [-0.2, 0) is 11.3 Å². The monoisotopic (exact) mass is 344 g/mol. The molecule has 136 valence electrons. The molecule has 2 aromatic rings. The van der Waals surface area contributed by atoms with Crippen molar-refractivity contribution in [3.05, 3.63) is 18.1 Å². The molecule has 1 N–H and O–H groups in total. The fraction of sp³-hybridized carbons (Fsp3) is 0.667. The number of hydrogen-bond acceptors (Lipinski definition) is 5. The number of likely N-dealkylation sites (tertiary alicyclic amines) is 1. The number of nitrogens with one attached hydrogen (secondary N) is 1. The van der Waals surface area contributed by atoms with Gasteiger partial charge >= 0.3 is 0 Å². The zero-order chi connectivity index (χ0) is 18.0. The molecule has 0 aromatic carbocycles. The predicted molar refractivity (Wildman–Crippen MR) is 97.3 cm³/mol. The molecule has 25 heavy (non-hydrogen) atoms. The number of hydrogen-bond donors (Lipinski definition) is 1. The van der Waals surface area contributed by atoms with E-state index < -0.39 is 0 Å². The van der Waals surface area contributed by atoms with E-state index in [9.17, 15) is 4.79 Å². The Morgan fingerprint density at radius 3 is 2.76 bits per heavy atom. The van der Waals surface area contributed by atoms with Gasteiger partial charge < -0.3 is 10.2 Å². The summed E-state index contributed by atoms with van der Waals surface area (Å²) in [7, 11) is 0. The summed E-state index contributed by atoms with van der Waals surface area (Å²) in [6.45, 7) is 12.3. The van der Waals surface area contributed by atoms with E-state index in [4.69, 9.17) is 5.10 Å². The highest BCUT2D eigenvalue weighted by Gasteiger charge is 2.30. The first-order valence-electron chi connectivity index (χ1n) is 8.99. The number of carbonyl (C=O) groups excluding carboxylic acids is 1. The van der Waals surface area contributed by atoms with Gasteiger partial charge in [0.1, 0.15) is 5.52 Å². The average molecular weight is 344 g/mol. The minimum absolute atomic E-state index is 0.128. The summed E-state index contributed by atoms with van der Waals surface area (Å²) in [4.78, 5) is 22.5. The highest BCUT2D eigenvalue weighted by atomic mass is 16.2. The Hall–Kier alpha value is -2.02. The van der Waals surface area contributed by atoms with E-state index in [0.717, 1.165) is 56.0 Å². The third-order valence-corrected chi connectivity index (χ3v) is 4.57. The summed E-state index contributed by atoms with van der Waals surface area (Å²) in [5, 5.41) is 8.29. The molecule has 1 aliphatic heterocycles. The maximum absolute atomic E-state index is 11.6. The molecule has 0 spiro atoms. The van der Waals surface area contributed by atoms with Crippen LogP contribution in [0.15, 0.2) is 12.4 Å². The van der Waals surface area contributed by atoms with Gasteiger partial charge in [-0.1, -0.05) is 20.8 Å². The lowest BCUT2D eigenvalue weighted by atomic mass is 9.97. The van der Waals surface area contributed by atoms with Crippen molar-refractivity contribution < 1.29 is 4.79 Å². The van der Waals surface area contributed by atoms with Gasteiger partial charge in [-0.2, -0.15) is 5.10 Å². The van der Waals surface area contributed by atoms with Gasteiger partial charge in [0.2, 0.25) is 5.91 Å².